The van der Waals surface area contributed by atoms with Crippen molar-refractivity contribution in [1.29, 1.82) is 0 Å². The Kier molecular flexibility index (Phi) is 4.21. The summed E-state index contributed by atoms with van der Waals surface area (Å²) < 4.78 is 0. The number of aryl methyl sites for hydroxylation is 1. The molecule has 0 saturated carbocycles. The van der Waals surface area contributed by atoms with Gasteiger partial charge in [-0.3, -0.25) is 4.90 Å². The highest BCUT2D eigenvalue weighted by molar-refractivity contribution is 6.33. The van der Waals surface area contributed by atoms with Crippen molar-refractivity contribution < 1.29 is 0 Å². The van der Waals surface area contributed by atoms with Crippen molar-refractivity contribution in [2.45, 2.75) is 27.3 Å². The van der Waals surface area contributed by atoms with Crippen LogP contribution in [-0.4, -0.2) is 25.8 Å². The predicted octanol–water partition coefficient (Wildman–Crippen LogP) is 1.63. The molecule has 14 heavy (non-hydrogen) atoms. The van der Waals surface area contributed by atoms with E-state index < -0.39 is 0 Å². The molecule has 0 spiro atoms. The lowest BCUT2D eigenvalue weighted by molar-refractivity contribution is 0.296. The van der Waals surface area contributed by atoms with Crippen LogP contribution in [-0.2, 0) is 6.54 Å². The maximum atomic E-state index is 5.95. The second-order valence-corrected chi connectivity index (χ2v) is 3.66. The van der Waals surface area contributed by atoms with E-state index in [9.17, 15) is 0 Å². The Balaban J connectivity index is 2.76. The van der Waals surface area contributed by atoms with Gasteiger partial charge in [0.25, 0.3) is 0 Å². The molecule has 2 heteroatoms. The van der Waals surface area contributed by atoms with E-state index in [0.29, 0.717) is 0 Å². The molecule has 1 nitrogen and oxygen atoms in total. The summed E-state index contributed by atoms with van der Waals surface area (Å²) in [6, 6.07) is 6.29. The van der Waals surface area contributed by atoms with Crippen LogP contribution in [0.1, 0.15) is 25.0 Å². The Morgan fingerprint density at radius 3 is 2.36 bits per heavy atom. The van der Waals surface area contributed by atoms with Gasteiger partial charge in [0, 0.05) is 6.54 Å². The van der Waals surface area contributed by atoms with Gasteiger partial charge in [0.2, 0.25) is 0 Å². The van der Waals surface area contributed by atoms with E-state index in [1.807, 2.05) is 6.07 Å². The van der Waals surface area contributed by atoms with Gasteiger partial charge in [-0.25, -0.2) is 0 Å². The summed E-state index contributed by atoms with van der Waals surface area (Å²) in [5.74, 6) is 0. The van der Waals surface area contributed by atoms with Gasteiger partial charge in [0.1, 0.15) is 7.85 Å². The number of hydrogen-bond donors (Lipinski definition) is 0. The number of rotatable bonds is 4. The third-order valence-corrected chi connectivity index (χ3v) is 2.59. The van der Waals surface area contributed by atoms with Crippen molar-refractivity contribution in [2.24, 2.45) is 0 Å². The van der Waals surface area contributed by atoms with Crippen molar-refractivity contribution in [3.63, 3.8) is 0 Å². The predicted molar refractivity (Wildman–Crippen MR) is 63.2 cm³/mol. The minimum Gasteiger partial charge on any atom is -0.300 e. The van der Waals surface area contributed by atoms with Gasteiger partial charge in [-0.15, -0.1) is 0 Å². The zero-order valence-corrected chi connectivity index (χ0v) is 9.38. The lowest BCUT2D eigenvalue weighted by atomic mass is 9.89. The molecule has 0 fully saturated rings. The first-order valence-electron chi connectivity index (χ1n) is 5.24. The largest absolute Gasteiger partial charge is 0.300 e. The third-order valence-electron chi connectivity index (χ3n) is 2.59. The lowest BCUT2D eigenvalue weighted by Crippen LogP contribution is -2.25. The van der Waals surface area contributed by atoms with Crippen molar-refractivity contribution in [1.82, 2.24) is 4.90 Å². The van der Waals surface area contributed by atoms with Crippen molar-refractivity contribution in [3.8, 4) is 0 Å². The molecule has 0 N–H and O–H groups in total. The molecular weight excluding hydrogens is 169 g/mol. The first-order chi connectivity index (χ1) is 6.67. The Morgan fingerprint density at radius 2 is 1.86 bits per heavy atom. The Labute approximate surface area is 88.5 Å². The third kappa shape index (κ3) is 2.88. The molecule has 0 bridgehead atoms. The van der Waals surface area contributed by atoms with Crippen molar-refractivity contribution in [3.05, 3.63) is 29.3 Å². The lowest BCUT2D eigenvalue weighted by Gasteiger charge is -2.19. The van der Waals surface area contributed by atoms with Crippen LogP contribution in [0, 0.1) is 6.92 Å². The van der Waals surface area contributed by atoms with E-state index in [0.717, 1.165) is 25.1 Å². The van der Waals surface area contributed by atoms with E-state index in [2.05, 4.69) is 37.8 Å². The molecular formula is C12H18BN. The topological polar surface area (TPSA) is 3.24 Å². The molecule has 74 valence electrons. The minimum absolute atomic E-state index is 0.914. The molecule has 0 atom stereocenters. The zero-order chi connectivity index (χ0) is 10.6. The van der Waals surface area contributed by atoms with Gasteiger partial charge in [-0.2, -0.15) is 0 Å². The summed E-state index contributed by atoms with van der Waals surface area (Å²) >= 11 is 0. The van der Waals surface area contributed by atoms with Gasteiger partial charge in [-0.05, 0) is 25.6 Å². The summed E-state index contributed by atoms with van der Waals surface area (Å²) in [4.78, 5) is 2.36. The number of benzene rings is 1. The van der Waals surface area contributed by atoms with E-state index in [-0.39, 0.29) is 0 Å². The molecule has 0 amide bonds. The van der Waals surface area contributed by atoms with Crippen LogP contribution >= 0.6 is 0 Å². The molecule has 0 aliphatic heterocycles. The number of nitrogens with zero attached hydrogens (tertiary/aromatic N) is 1. The minimum atomic E-state index is 0.914. The van der Waals surface area contributed by atoms with Gasteiger partial charge in [0.05, 0.1) is 0 Å². The summed E-state index contributed by atoms with van der Waals surface area (Å²) in [7, 11) is 5.95. The maximum Gasteiger partial charge on any atom is 0.114 e. The van der Waals surface area contributed by atoms with E-state index in [4.69, 9.17) is 7.85 Å². The van der Waals surface area contributed by atoms with Crippen LogP contribution in [0.15, 0.2) is 18.2 Å². The molecule has 0 heterocycles. The Bertz CT molecular complexity index is 292. The fraction of sp³-hybridized carbons (Fsp3) is 0.500. The second-order valence-electron chi connectivity index (χ2n) is 3.66. The standard InChI is InChI=1S/C12H18BN/c1-4-14(5-2)9-11-7-6-10(3)8-12(11)13/h6-8H,4-5,9H2,1-3H3. The van der Waals surface area contributed by atoms with E-state index in [1.165, 1.54) is 11.1 Å². The van der Waals surface area contributed by atoms with E-state index >= 15 is 0 Å². The molecule has 0 aliphatic carbocycles. The summed E-state index contributed by atoms with van der Waals surface area (Å²) in [5, 5.41) is 0. The summed E-state index contributed by atoms with van der Waals surface area (Å²) in [5.41, 5.74) is 3.38. The quantitative estimate of drug-likeness (QED) is 0.647. The first-order valence-corrected chi connectivity index (χ1v) is 5.24. The van der Waals surface area contributed by atoms with Gasteiger partial charge in [-0.1, -0.05) is 43.1 Å². The maximum absolute atomic E-state index is 5.95. The summed E-state index contributed by atoms with van der Waals surface area (Å²) in [6.45, 7) is 9.52. The van der Waals surface area contributed by atoms with Crippen LogP contribution < -0.4 is 5.46 Å². The number of hydrogen-bond acceptors (Lipinski definition) is 1. The first kappa shape index (κ1) is 11.3. The van der Waals surface area contributed by atoms with E-state index in [1.54, 1.807) is 0 Å². The fourth-order valence-electron chi connectivity index (χ4n) is 1.55. The highest BCUT2D eigenvalue weighted by Crippen LogP contribution is 2.03. The Hall–Kier alpha value is -0.755. The normalized spacial score (nSPS) is 10.9. The van der Waals surface area contributed by atoms with Crippen LogP contribution in [0.25, 0.3) is 0 Å². The highest BCUT2D eigenvalue weighted by Gasteiger charge is 2.03. The molecule has 0 unspecified atom stereocenters. The van der Waals surface area contributed by atoms with Gasteiger partial charge in [0.15, 0.2) is 0 Å². The van der Waals surface area contributed by atoms with Crippen LogP contribution in [0.4, 0.5) is 0 Å². The molecule has 0 saturated heterocycles. The SMILES string of the molecule is [B]c1cc(C)ccc1CN(CC)CC. The van der Waals surface area contributed by atoms with Crippen LogP contribution in [0.2, 0.25) is 0 Å². The summed E-state index contributed by atoms with van der Waals surface area (Å²) in [6.07, 6.45) is 0. The molecule has 1 rings (SSSR count). The monoisotopic (exact) mass is 187 g/mol. The molecule has 1 aromatic carbocycles. The molecule has 0 aliphatic rings. The highest BCUT2D eigenvalue weighted by atomic mass is 15.1. The average Bonchev–Trinajstić information content (AvgIpc) is 2.17. The molecule has 0 aromatic heterocycles. The average molecular weight is 187 g/mol. The van der Waals surface area contributed by atoms with Crippen LogP contribution in [0.5, 0.6) is 0 Å². The van der Waals surface area contributed by atoms with Gasteiger partial charge < -0.3 is 0 Å². The van der Waals surface area contributed by atoms with Crippen molar-refractivity contribution in [2.75, 3.05) is 13.1 Å². The Morgan fingerprint density at radius 1 is 1.21 bits per heavy atom. The molecule has 2 radical (unpaired) electrons. The fourth-order valence-corrected chi connectivity index (χ4v) is 1.55. The van der Waals surface area contributed by atoms with Crippen molar-refractivity contribution >= 4 is 13.3 Å². The smallest absolute Gasteiger partial charge is 0.114 e. The van der Waals surface area contributed by atoms with Crippen LogP contribution in [0.3, 0.4) is 0 Å². The molecule has 1 aromatic rings. The zero-order valence-electron chi connectivity index (χ0n) is 9.38. The van der Waals surface area contributed by atoms with Gasteiger partial charge >= 0.3 is 0 Å². The second kappa shape index (κ2) is 5.21.